The fourth-order valence-corrected chi connectivity index (χ4v) is 1.99. The molecule has 2 aromatic carbocycles. The zero-order valence-electron chi connectivity index (χ0n) is 11.5. The number of esters is 1. The number of non-ortho nitro benzene ring substituents is 1. The Kier molecular flexibility index (Phi) is 4.18. The van der Waals surface area contributed by atoms with Crippen LogP contribution in [0.25, 0.3) is 11.1 Å². The van der Waals surface area contributed by atoms with Gasteiger partial charge in [0.25, 0.3) is 5.69 Å². The Morgan fingerprint density at radius 3 is 2.48 bits per heavy atom. The van der Waals surface area contributed by atoms with Gasteiger partial charge in [0.1, 0.15) is 5.75 Å². The minimum absolute atomic E-state index is 0.118. The average Bonchev–Trinajstić information content (AvgIpc) is 2.53. The first-order valence-electron chi connectivity index (χ1n) is 6.08. The van der Waals surface area contributed by atoms with Gasteiger partial charge in [-0.15, -0.1) is 0 Å². The smallest absolute Gasteiger partial charge is 0.338 e. The van der Waals surface area contributed by atoms with Crippen LogP contribution in [0.2, 0.25) is 0 Å². The second-order valence-electron chi connectivity index (χ2n) is 4.22. The summed E-state index contributed by atoms with van der Waals surface area (Å²) in [5, 5.41) is 11.0. The van der Waals surface area contributed by atoms with Crippen molar-refractivity contribution in [1.82, 2.24) is 0 Å². The number of nitro groups is 1. The average molecular weight is 287 g/mol. The van der Waals surface area contributed by atoms with E-state index in [1.54, 1.807) is 24.3 Å². The molecule has 6 nitrogen and oxygen atoms in total. The molecule has 0 atom stereocenters. The number of nitro benzene ring substituents is 1. The highest BCUT2D eigenvalue weighted by Gasteiger charge is 2.17. The quantitative estimate of drug-likeness (QED) is 0.490. The van der Waals surface area contributed by atoms with Crippen molar-refractivity contribution in [3.05, 3.63) is 58.1 Å². The summed E-state index contributed by atoms with van der Waals surface area (Å²) in [7, 11) is 2.74. The van der Waals surface area contributed by atoms with Crippen molar-refractivity contribution in [3.8, 4) is 16.9 Å². The maximum atomic E-state index is 11.7. The Hall–Kier alpha value is -2.89. The number of hydrogen-bond acceptors (Lipinski definition) is 5. The van der Waals surface area contributed by atoms with E-state index < -0.39 is 10.9 Å². The molecule has 0 amide bonds. The van der Waals surface area contributed by atoms with E-state index in [-0.39, 0.29) is 11.3 Å². The predicted octanol–water partition coefficient (Wildman–Crippen LogP) is 3.06. The van der Waals surface area contributed by atoms with Crippen molar-refractivity contribution in [1.29, 1.82) is 0 Å². The number of carbonyl (C=O) groups is 1. The second kappa shape index (κ2) is 6.04. The molecule has 0 fully saturated rings. The lowest BCUT2D eigenvalue weighted by Gasteiger charge is -2.09. The van der Waals surface area contributed by atoms with Gasteiger partial charge in [0, 0.05) is 17.7 Å². The van der Waals surface area contributed by atoms with Crippen LogP contribution in [0.3, 0.4) is 0 Å². The van der Waals surface area contributed by atoms with Gasteiger partial charge in [0.05, 0.1) is 24.7 Å². The van der Waals surface area contributed by atoms with Crippen LogP contribution in [-0.2, 0) is 4.74 Å². The third-order valence-corrected chi connectivity index (χ3v) is 2.97. The lowest BCUT2D eigenvalue weighted by molar-refractivity contribution is -0.384. The standard InChI is InChI=1S/C15H13NO5/c1-20-14-6-4-3-5-13(14)10-7-11(15(17)21-2)9-12(8-10)16(18)19/h3-9H,1-2H3. The molecule has 6 heteroatoms. The van der Waals surface area contributed by atoms with Crippen LogP contribution in [0, 0.1) is 10.1 Å². The molecule has 0 aromatic heterocycles. The molecule has 0 N–H and O–H groups in total. The van der Waals surface area contributed by atoms with Crippen molar-refractivity contribution in [2.75, 3.05) is 14.2 Å². The Morgan fingerprint density at radius 1 is 1.14 bits per heavy atom. The first-order valence-corrected chi connectivity index (χ1v) is 6.08. The van der Waals surface area contributed by atoms with E-state index in [2.05, 4.69) is 4.74 Å². The van der Waals surface area contributed by atoms with Gasteiger partial charge in [-0.2, -0.15) is 0 Å². The normalized spacial score (nSPS) is 10.0. The summed E-state index contributed by atoms with van der Waals surface area (Å²) in [6, 6.07) is 11.2. The molecule has 0 unspecified atom stereocenters. The third kappa shape index (κ3) is 3.00. The fourth-order valence-electron chi connectivity index (χ4n) is 1.99. The van der Waals surface area contributed by atoms with E-state index in [9.17, 15) is 14.9 Å². The number of methoxy groups -OCH3 is 2. The van der Waals surface area contributed by atoms with Crippen molar-refractivity contribution in [2.24, 2.45) is 0 Å². The minimum Gasteiger partial charge on any atom is -0.496 e. The summed E-state index contributed by atoms with van der Waals surface area (Å²) in [4.78, 5) is 22.1. The number of nitrogens with zero attached hydrogens (tertiary/aromatic N) is 1. The van der Waals surface area contributed by atoms with E-state index in [1.165, 1.54) is 32.4 Å². The number of rotatable bonds is 4. The van der Waals surface area contributed by atoms with E-state index in [0.29, 0.717) is 16.9 Å². The van der Waals surface area contributed by atoms with Crippen LogP contribution in [0.1, 0.15) is 10.4 Å². The van der Waals surface area contributed by atoms with Crippen LogP contribution in [-0.4, -0.2) is 25.1 Å². The predicted molar refractivity (Wildman–Crippen MR) is 76.4 cm³/mol. The summed E-state index contributed by atoms with van der Waals surface area (Å²) in [6.07, 6.45) is 0. The molecule has 0 bridgehead atoms. The zero-order chi connectivity index (χ0) is 15.4. The Bertz CT molecular complexity index is 696. The van der Waals surface area contributed by atoms with E-state index in [0.717, 1.165) is 0 Å². The Labute approximate surface area is 121 Å². The molecule has 0 spiro atoms. The molecule has 0 aliphatic rings. The molecule has 0 heterocycles. The van der Waals surface area contributed by atoms with Crippen molar-refractivity contribution < 1.29 is 19.2 Å². The molecule has 0 radical (unpaired) electrons. The second-order valence-corrected chi connectivity index (χ2v) is 4.22. The van der Waals surface area contributed by atoms with Gasteiger partial charge in [0.2, 0.25) is 0 Å². The van der Waals surface area contributed by atoms with E-state index >= 15 is 0 Å². The summed E-state index contributed by atoms with van der Waals surface area (Å²) < 4.78 is 9.87. The molecule has 2 aromatic rings. The summed E-state index contributed by atoms with van der Waals surface area (Å²) >= 11 is 0. The molecule has 21 heavy (non-hydrogen) atoms. The minimum atomic E-state index is -0.630. The number of para-hydroxylation sites is 1. The van der Waals surface area contributed by atoms with E-state index in [4.69, 9.17) is 4.74 Å². The largest absolute Gasteiger partial charge is 0.496 e. The van der Waals surface area contributed by atoms with Crippen molar-refractivity contribution >= 4 is 11.7 Å². The highest BCUT2D eigenvalue weighted by atomic mass is 16.6. The van der Waals surface area contributed by atoms with Gasteiger partial charge in [-0.05, 0) is 17.7 Å². The van der Waals surface area contributed by atoms with Gasteiger partial charge in [-0.3, -0.25) is 10.1 Å². The summed E-state index contributed by atoms with van der Waals surface area (Å²) in [5.41, 5.74) is 1.11. The molecular formula is C15H13NO5. The monoisotopic (exact) mass is 287 g/mol. The first kappa shape index (κ1) is 14.5. The van der Waals surface area contributed by atoms with Crippen molar-refractivity contribution in [3.63, 3.8) is 0 Å². The van der Waals surface area contributed by atoms with Crippen LogP contribution in [0.5, 0.6) is 5.75 Å². The maximum Gasteiger partial charge on any atom is 0.338 e. The Morgan fingerprint density at radius 2 is 1.86 bits per heavy atom. The van der Waals surface area contributed by atoms with Gasteiger partial charge >= 0.3 is 5.97 Å². The molecule has 108 valence electrons. The lowest BCUT2D eigenvalue weighted by atomic mass is 10.0. The van der Waals surface area contributed by atoms with Gasteiger partial charge in [-0.25, -0.2) is 4.79 Å². The molecule has 2 rings (SSSR count). The van der Waals surface area contributed by atoms with Crippen LogP contribution in [0.15, 0.2) is 42.5 Å². The molecule has 0 aliphatic carbocycles. The molecule has 0 saturated heterocycles. The summed E-state index contributed by atoms with van der Waals surface area (Å²) in [6.45, 7) is 0. The molecule has 0 saturated carbocycles. The zero-order valence-corrected chi connectivity index (χ0v) is 11.5. The fraction of sp³-hybridized carbons (Fsp3) is 0.133. The van der Waals surface area contributed by atoms with E-state index in [1.807, 2.05) is 0 Å². The highest BCUT2D eigenvalue weighted by Crippen LogP contribution is 2.32. The van der Waals surface area contributed by atoms with Crippen LogP contribution >= 0.6 is 0 Å². The lowest BCUT2D eigenvalue weighted by Crippen LogP contribution is -2.03. The number of carbonyl (C=O) groups excluding carboxylic acids is 1. The van der Waals surface area contributed by atoms with Crippen molar-refractivity contribution in [2.45, 2.75) is 0 Å². The number of hydrogen-bond donors (Lipinski definition) is 0. The Balaban J connectivity index is 2.65. The van der Waals surface area contributed by atoms with Gasteiger partial charge < -0.3 is 9.47 Å². The summed E-state index contributed by atoms with van der Waals surface area (Å²) in [5.74, 6) is -0.0661. The van der Waals surface area contributed by atoms with Gasteiger partial charge in [-0.1, -0.05) is 18.2 Å². The SMILES string of the molecule is COC(=O)c1cc(-c2ccccc2OC)cc([N+](=O)[O-])c1. The highest BCUT2D eigenvalue weighted by molar-refractivity contribution is 5.92. The topological polar surface area (TPSA) is 78.7 Å². The van der Waals surface area contributed by atoms with Gasteiger partial charge in [0.15, 0.2) is 0 Å². The van der Waals surface area contributed by atoms with Crippen LogP contribution < -0.4 is 4.74 Å². The third-order valence-electron chi connectivity index (χ3n) is 2.97. The number of benzene rings is 2. The molecule has 0 aliphatic heterocycles. The number of ether oxygens (including phenoxy) is 2. The molecular weight excluding hydrogens is 274 g/mol. The van der Waals surface area contributed by atoms with Crippen LogP contribution in [0.4, 0.5) is 5.69 Å². The maximum absolute atomic E-state index is 11.7. The first-order chi connectivity index (χ1) is 10.1.